The predicted octanol–water partition coefficient (Wildman–Crippen LogP) is 1.76. The molecule has 0 spiro atoms. The van der Waals surface area contributed by atoms with Crippen LogP contribution in [0.15, 0.2) is 0 Å². The topological polar surface area (TPSA) is 52.7 Å². The summed E-state index contributed by atoms with van der Waals surface area (Å²) in [4.78, 5) is 28.3. The van der Waals surface area contributed by atoms with E-state index in [1.165, 1.54) is 12.8 Å². The fourth-order valence-electron chi connectivity index (χ4n) is 3.48. The third-order valence-electron chi connectivity index (χ3n) is 5.07. The third-order valence-corrected chi connectivity index (χ3v) is 5.07. The second-order valence-corrected chi connectivity index (χ2v) is 7.15. The first-order chi connectivity index (χ1) is 10.5. The van der Waals surface area contributed by atoms with Crippen molar-refractivity contribution in [2.24, 2.45) is 17.8 Å². The number of piperazine rings is 1. The molecule has 0 saturated carbocycles. The van der Waals surface area contributed by atoms with Gasteiger partial charge in [-0.1, -0.05) is 20.8 Å². The molecular weight excluding hydrogens is 314 g/mol. The summed E-state index contributed by atoms with van der Waals surface area (Å²) in [5, 5.41) is 3.43. The number of amides is 2. The van der Waals surface area contributed by atoms with Gasteiger partial charge >= 0.3 is 0 Å². The number of carbonyl (C=O) groups is 2. The number of hydrogen-bond donors (Lipinski definition) is 1. The van der Waals surface area contributed by atoms with E-state index in [1.54, 1.807) is 0 Å². The highest BCUT2D eigenvalue weighted by molar-refractivity contribution is 5.85. The first kappa shape index (κ1) is 20.2. The quantitative estimate of drug-likeness (QED) is 0.844. The molecule has 0 aliphatic carbocycles. The Morgan fingerprint density at radius 1 is 1.09 bits per heavy atom. The lowest BCUT2D eigenvalue weighted by Crippen LogP contribution is -2.51. The maximum atomic E-state index is 12.5. The number of piperidine rings is 1. The van der Waals surface area contributed by atoms with Crippen molar-refractivity contribution in [1.82, 2.24) is 15.1 Å². The molecule has 0 radical (unpaired) electrons. The van der Waals surface area contributed by atoms with Gasteiger partial charge < -0.3 is 15.1 Å². The molecule has 1 N–H and O–H groups in total. The monoisotopic (exact) mass is 345 g/mol. The number of nitrogens with zero attached hydrogens (tertiary/aromatic N) is 2. The molecule has 2 aliphatic rings. The van der Waals surface area contributed by atoms with Crippen molar-refractivity contribution in [2.75, 3.05) is 39.3 Å². The van der Waals surface area contributed by atoms with Crippen LogP contribution in [0.3, 0.4) is 0 Å². The second-order valence-electron chi connectivity index (χ2n) is 7.15. The first-order valence-electron chi connectivity index (χ1n) is 8.76. The van der Waals surface area contributed by atoms with Crippen molar-refractivity contribution in [3.05, 3.63) is 0 Å². The van der Waals surface area contributed by atoms with E-state index in [1.807, 2.05) is 23.6 Å². The minimum Gasteiger partial charge on any atom is -0.339 e. The van der Waals surface area contributed by atoms with E-state index in [9.17, 15) is 9.59 Å². The molecular formula is C17H32ClN3O2. The molecule has 0 aromatic heterocycles. The lowest BCUT2D eigenvalue weighted by molar-refractivity contribution is -0.142. The van der Waals surface area contributed by atoms with Crippen molar-refractivity contribution < 1.29 is 9.59 Å². The van der Waals surface area contributed by atoms with Gasteiger partial charge in [0.05, 0.1) is 0 Å². The number of rotatable bonds is 4. The molecule has 23 heavy (non-hydrogen) atoms. The molecule has 0 aromatic rings. The van der Waals surface area contributed by atoms with E-state index in [0.717, 1.165) is 13.1 Å². The van der Waals surface area contributed by atoms with Crippen molar-refractivity contribution in [3.63, 3.8) is 0 Å². The van der Waals surface area contributed by atoms with E-state index in [-0.39, 0.29) is 30.1 Å². The van der Waals surface area contributed by atoms with Gasteiger partial charge in [0.2, 0.25) is 11.8 Å². The Morgan fingerprint density at radius 3 is 2.22 bits per heavy atom. The van der Waals surface area contributed by atoms with Crippen LogP contribution in [-0.4, -0.2) is 60.9 Å². The summed E-state index contributed by atoms with van der Waals surface area (Å²) < 4.78 is 0. The Balaban J connectivity index is 0.00000264. The summed E-state index contributed by atoms with van der Waals surface area (Å²) in [7, 11) is 0. The van der Waals surface area contributed by atoms with Gasteiger partial charge in [0, 0.05) is 38.5 Å². The first-order valence-corrected chi connectivity index (χ1v) is 8.76. The Hall–Kier alpha value is -0.810. The van der Waals surface area contributed by atoms with E-state index >= 15 is 0 Å². The molecule has 0 bridgehead atoms. The molecule has 2 atom stereocenters. The third kappa shape index (κ3) is 5.64. The van der Waals surface area contributed by atoms with Gasteiger partial charge in [0.15, 0.2) is 0 Å². The Labute approximate surface area is 146 Å². The highest BCUT2D eigenvalue weighted by Crippen LogP contribution is 2.23. The fraction of sp³-hybridized carbons (Fsp3) is 0.882. The van der Waals surface area contributed by atoms with E-state index < -0.39 is 0 Å². The number of nitrogens with one attached hydrogen (secondary N) is 1. The highest BCUT2D eigenvalue weighted by Gasteiger charge is 2.28. The molecule has 2 fully saturated rings. The van der Waals surface area contributed by atoms with Gasteiger partial charge in [-0.25, -0.2) is 0 Å². The SMILES string of the molecule is CC(C)C(=O)N1CCN(C(=O)CC(C)C2CCCNC2)CC1.Cl. The lowest BCUT2D eigenvalue weighted by Gasteiger charge is -2.36. The molecule has 2 unspecified atom stereocenters. The van der Waals surface area contributed by atoms with Crippen LogP contribution in [0.4, 0.5) is 0 Å². The minimum atomic E-state index is 0. The average Bonchev–Trinajstić information content (AvgIpc) is 2.55. The predicted molar refractivity (Wildman–Crippen MR) is 94.6 cm³/mol. The van der Waals surface area contributed by atoms with Crippen LogP contribution in [-0.2, 0) is 9.59 Å². The molecule has 5 nitrogen and oxygen atoms in total. The molecule has 2 saturated heterocycles. The summed E-state index contributed by atoms with van der Waals surface area (Å²) in [6.07, 6.45) is 3.10. The summed E-state index contributed by atoms with van der Waals surface area (Å²) in [6, 6.07) is 0. The standard InChI is InChI=1S/C17H31N3O2.ClH/c1-13(2)17(22)20-9-7-19(8-10-20)16(21)11-14(3)15-5-4-6-18-12-15;/h13-15,18H,4-12H2,1-3H3;1H. The van der Waals surface area contributed by atoms with Crippen LogP contribution >= 0.6 is 12.4 Å². The minimum absolute atomic E-state index is 0. The number of halogens is 1. The van der Waals surface area contributed by atoms with Crippen LogP contribution in [0.2, 0.25) is 0 Å². The van der Waals surface area contributed by atoms with Crippen molar-refractivity contribution in [1.29, 1.82) is 0 Å². The van der Waals surface area contributed by atoms with Crippen LogP contribution in [0.5, 0.6) is 0 Å². The molecule has 6 heteroatoms. The van der Waals surface area contributed by atoms with Gasteiger partial charge in [0.1, 0.15) is 0 Å². The Morgan fingerprint density at radius 2 is 1.70 bits per heavy atom. The van der Waals surface area contributed by atoms with Crippen molar-refractivity contribution >= 4 is 24.2 Å². The normalized spacial score (nSPS) is 23.4. The molecule has 2 rings (SSSR count). The van der Waals surface area contributed by atoms with Gasteiger partial charge in [-0.05, 0) is 37.8 Å². The molecule has 0 aromatic carbocycles. The maximum Gasteiger partial charge on any atom is 0.225 e. The van der Waals surface area contributed by atoms with Gasteiger partial charge in [-0.2, -0.15) is 0 Å². The Kier molecular flexibility index (Phi) is 8.34. The molecule has 2 amide bonds. The summed E-state index contributed by atoms with van der Waals surface area (Å²) in [5.74, 6) is 1.57. The summed E-state index contributed by atoms with van der Waals surface area (Å²) in [6.45, 7) is 11.0. The average molecular weight is 346 g/mol. The summed E-state index contributed by atoms with van der Waals surface area (Å²) in [5.41, 5.74) is 0. The molecule has 2 heterocycles. The van der Waals surface area contributed by atoms with Gasteiger partial charge in [-0.15, -0.1) is 12.4 Å². The summed E-state index contributed by atoms with van der Waals surface area (Å²) >= 11 is 0. The van der Waals surface area contributed by atoms with Crippen LogP contribution in [0, 0.1) is 17.8 Å². The number of hydrogen-bond acceptors (Lipinski definition) is 3. The number of carbonyl (C=O) groups excluding carboxylic acids is 2. The van der Waals surface area contributed by atoms with E-state index in [2.05, 4.69) is 12.2 Å². The maximum absolute atomic E-state index is 12.5. The zero-order chi connectivity index (χ0) is 16.1. The largest absolute Gasteiger partial charge is 0.339 e. The van der Waals surface area contributed by atoms with E-state index in [0.29, 0.717) is 44.4 Å². The fourth-order valence-corrected chi connectivity index (χ4v) is 3.48. The molecule has 134 valence electrons. The van der Waals surface area contributed by atoms with Crippen LogP contribution in [0.25, 0.3) is 0 Å². The second kappa shape index (κ2) is 9.48. The van der Waals surface area contributed by atoms with E-state index in [4.69, 9.17) is 0 Å². The lowest BCUT2D eigenvalue weighted by atomic mass is 9.85. The zero-order valence-electron chi connectivity index (χ0n) is 14.7. The Bertz CT molecular complexity index is 389. The van der Waals surface area contributed by atoms with Gasteiger partial charge in [0.25, 0.3) is 0 Å². The highest BCUT2D eigenvalue weighted by atomic mass is 35.5. The van der Waals surface area contributed by atoms with Gasteiger partial charge in [-0.3, -0.25) is 9.59 Å². The van der Waals surface area contributed by atoms with Crippen LogP contribution < -0.4 is 5.32 Å². The zero-order valence-corrected chi connectivity index (χ0v) is 15.5. The van der Waals surface area contributed by atoms with Crippen LogP contribution in [0.1, 0.15) is 40.0 Å². The smallest absolute Gasteiger partial charge is 0.225 e. The van der Waals surface area contributed by atoms with Crippen molar-refractivity contribution in [2.45, 2.75) is 40.0 Å². The van der Waals surface area contributed by atoms with Crippen molar-refractivity contribution in [3.8, 4) is 0 Å². The molecule has 2 aliphatic heterocycles.